The van der Waals surface area contributed by atoms with Crippen LogP contribution in [0.2, 0.25) is 0 Å². The van der Waals surface area contributed by atoms with E-state index >= 15 is 0 Å². The molecular weight excluding hydrogens is 306 g/mol. The molecule has 0 unspecified atom stereocenters. The number of rotatable bonds is 3. The highest BCUT2D eigenvalue weighted by atomic mass is 16.2. The van der Waals surface area contributed by atoms with Gasteiger partial charge in [0, 0.05) is 44.6 Å². The Morgan fingerprint density at radius 1 is 1.25 bits per heavy atom. The molecule has 3 rings (SSSR count). The smallest absolute Gasteiger partial charge is 0.271 e. The van der Waals surface area contributed by atoms with E-state index < -0.39 is 0 Å². The van der Waals surface area contributed by atoms with Crippen LogP contribution in [0.5, 0.6) is 0 Å². The van der Waals surface area contributed by atoms with Gasteiger partial charge < -0.3 is 9.47 Å². The molecule has 0 atom stereocenters. The lowest BCUT2D eigenvalue weighted by Crippen LogP contribution is -2.53. The van der Waals surface area contributed by atoms with E-state index in [-0.39, 0.29) is 16.9 Å². The molecular formula is C17H23N5O2. The van der Waals surface area contributed by atoms with Crippen LogP contribution in [0.25, 0.3) is 11.0 Å². The number of fused-ring (bicyclic) bond motifs is 1. The predicted molar refractivity (Wildman–Crippen MR) is 93.0 cm³/mol. The molecule has 0 aliphatic carbocycles. The van der Waals surface area contributed by atoms with Gasteiger partial charge in [0.2, 0.25) is 5.43 Å². The Bertz CT molecular complexity index is 822. The van der Waals surface area contributed by atoms with E-state index in [4.69, 9.17) is 0 Å². The molecule has 2 aromatic rings. The van der Waals surface area contributed by atoms with Crippen LogP contribution in [0.1, 0.15) is 23.0 Å². The lowest BCUT2D eigenvalue weighted by molar-refractivity contribution is 0.0661. The van der Waals surface area contributed by atoms with Gasteiger partial charge in [-0.2, -0.15) is 0 Å². The van der Waals surface area contributed by atoms with E-state index in [1.807, 2.05) is 23.4 Å². The van der Waals surface area contributed by atoms with Crippen LogP contribution >= 0.6 is 0 Å². The summed E-state index contributed by atoms with van der Waals surface area (Å²) in [5.74, 6) is -0.353. The summed E-state index contributed by atoms with van der Waals surface area (Å²) in [5, 5.41) is 2.35. The summed E-state index contributed by atoms with van der Waals surface area (Å²) in [6.07, 6.45) is 1.61. The van der Waals surface area contributed by atoms with Crippen molar-refractivity contribution in [1.82, 2.24) is 24.9 Å². The van der Waals surface area contributed by atoms with Crippen molar-refractivity contribution in [3.8, 4) is 0 Å². The summed E-state index contributed by atoms with van der Waals surface area (Å²) in [7, 11) is 2.05. The zero-order valence-corrected chi connectivity index (χ0v) is 14.4. The number of pyridine rings is 2. The Hall–Kier alpha value is -2.25. The van der Waals surface area contributed by atoms with Crippen molar-refractivity contribution in [3.05, 3.63) is 39.8 Å². The molecule has 1 fully saturated rings. The van der Waals surface area contributed by atoms with Crippen molar-refractivity contribution in [1.29, 1.82) is 0 Å². The van der Waals surface area contributed by atoms with E-state index in [0.29, 0.717) is 17.6 Å². The summed E-state index contributed by atoms with van der Waals surface area (Å²) in [6.45, 7) is 7.77. The molecule has 0 saturated carbocycles. The molecule has 128 valence electrons. The van der Waals surface area contributed by atoms with E-state index in [1.54, 1.807) is 18.3 Å². The van der Waals surface area contributed by atoms with E-state index in [0.717, 1.165) is 31.9 Å². The molecule has 7 heteroatoms. The molecule has 1 amide bonds. The number of aromatic nitrogens is 2. The second kappa shape index (κ2) is 6.70. The molecule has 1 aliphatic heterocycles. The van der Waals surface area contributed by atoms with Crippen molar-refractivity contribution >= 4 is 16.9 Å². The Balaban J connectivity index is 1.94. The zero-order chi connectivity index (χ0) is 17.3. The number of carbonyl (C=O) groups excluding carboxylic acids is 1. The number of carbonyl (C=O) groups is 1. The second-order valence-electron chi connectivity index (χ2n) is 6.21. The zero-order valence-electron chi connectivity index (χ0n) is 14.4. The third kappa shape index (κ3) is 3.18. The largest absolute Gasteiger partial charge is 0.332 e. The van der Waals surface area contributed by atoms with Crippen molar-refractivity contribution in [3.63, 3.8) is 0 Å². The third-order valence-corrected chi connectivity index (χ3v) is 4.41. The SMILES string of the molecule is CCn1cc(C(=O)NN2CCN(C)CC2)c(=O)c2ccc(C)nc21. The Kier molecular flexibility index (Phi) is 4.64. The minimum absolute atomic E-state index is 0.161. The summed E-state index contributed by atoms with van der Waals surface area (Å²) in [4.78, 5) is 31.9. The van der Waals surface area contributed by atoms with Gasteiger partial charge >= 0.3 is 0 Å². The van der Waals surface area contributed by atoms with E-state index in [9.17, 15) is 9.59 Å². The molecule has 1 N–H and O–H groups in total. The normalized spacial score (nSPS) is 16.5. The highest BCUT2D eigenvalue weighted by Crippen LogP contribution is 2.11. The molecule has 2 aromatic heterocycles. The molecule has 1 saturated heterocycles. The van der Waals surface area contributed by atoms with Gasteiger partial charge in [-0.1, -0.05) is 0 Å². The first-order chi connectivity index (χ1) is 11.5. The number of nitrogens with zero attached hydrogens (tertiary/aromatic N) is 4. The molecule has 1 aliphatic rings. The molecule has 0 aromatic carbocycles. The van der Waals surface area contributed by atoms with Gasteiger partial charge in [0.1, 0.15) is 11.2 Å². The summed E-state index contributed by atoms with van der Waals surface area (Å²) < 4.78 is 1.85. The minimum Gasteiger partial charge on any atom is -0.332 e. The fourth-order valence-corrected chi connectivity index (χ4v) is 2.88. The Morgan fingerprint density at radius 2 is 1.96 bits per heavy atom. The number of amides is 1. The maximum Gasteiger partial charge on any atom is 0.271 e. The quantitative estimate of drug-likeness (QED) is 0.894. The van der Waals surface area contributed by atoms with Gasteiger partial charge in [0.25, 0.3) is 5.91 Å². The molecule has 24 heavy (non-hydrogen) atoms. The average Bonchev–Trinajstić information content (AvgIpc) is 2.57. The van der Waals surface area contributed by atoms with Gasteiger partial charge in [-0.15, -0.1) is 0 Å². The predicted octanol–water partition coefficient (Wildman–Crippen LogP) is 0.617. The van der Waals surface area contributed by atoms with E-state index in [1.165, 1.54) is 0 Å². The highest BCUT2D eigenvalue weighted by Gasteiger charge is 2.20. The van der Waals surface area contributed by atoms with Gasteiger partial charge in [-0.3, -0.25) is 15.0 Å². The van der Waals surface area contributed by atoms with Crippen molar-refractivity contribution < 1.29 is 4.79 Å². The topological polar surface area (TPSA) is 70.5 Å². The highest BCUT2D eigenvalue weighted by molar-refractivity contribution is 5.96. The Labute approximate surface area is 140 Å². The van der Waals surface area contributed by atoms with Crippen LogP contribution in [0, 0.1) is 6.92 Å². The number of piperazine rings is 1. The monoisotopic (exact) mass is 329 g/mol. The number of aryl methyl sites for hydroxylation is 2. The number of likely N-dealkylation sites (N-methyl/N-ethyl adjacent to an activating group) is 1. The first-order valence-electron chi connectivity index (χ1n) is 8.25. The lowest BCUT2D eigenvalue weighted by atomic mass is 10.1. The molecule has 3 heterocycles. The van der Waals surface area contributed by atoms with Crippen LogP contribution in [-0.2, 0) is 6.54 Å². The maximum absolute atomic E-state index is 12.7. The summed E-state index contributed by atoms with van der Waals surface area (Å²) in [5.41, 5.74) is 4.22. The number of hydrogen-bond donors (Lipinski definition) is 1. The number of nitrogens with one attached hydrogen (secondary N) is 1. The van der Waals surface area contributed by atoms with Crippen LogP contribution in [-0.4, -0.2) is 58.6 Å². The maximum atomic E-state index is 12.7. The number of hydrogen-bond acceptors (Lipinski definition) is 5. The molecule has 7 nitrogen and oxygen atoms in total. The number of hydrazine groups is 1. The fraction of sp³-hybridized carbons (Fsp3) is 0.471. The minimum atomic E-state index is -0.353. The molecule has 0 bridgehead atoms. The van der Waals surface area contributed by atoms with Crippen LogP contribution in [0.4, 0.5) is 0 Å². The summed E-state index contributed by atoms with van der Waals surface area (Å²) in [6, 6.07) is 3.55. The second-order valence-corrected chi connectivity index (χ2v) is 6.21. The first-order valence-corrected chi connectivity index (χ1v) is 8.25. The fourth-order valence-electron chi connectivity index (χ4n) is 2.88. The van der Waals surface area contributed by atoms with Crippen LogP contribution in [0.3, 0.4) is 0 Å². The van der Waals surface area contributed by atoms with E-state index in [2.05, 4.69) is 22.4 Å². The third-order valence-electron chi connectivity index (χ3n) is 4.41. The average molecular weight is 329 g/mol. The summed E-state index contributed by atoms with van der Waals surface area (Å²) >= 11 is 0. The Morgan fingerprint density at radius 3 is 2.62 bits per heavy atom. The van der Waals surface area contributed by atoms with Crippen molar-refractivity contribution in [2.45, 2.75) is 20.4 Å². The lowest BCUT2D eigenvalue weighted by Gasteiger charge is -2.32. The molecule has 0 spiro atoms. The first kappa shape index (κ1) is 16.6. The van der Waals surface area contributed by atoms with Gasteiger partial charge in [0.05, 0.1) is 5.39 Å². The van der Waals surface area contributed by atoms with Crippen molar-refractivity contribution in [2.75, 3.05) is 33.2 Å². The van der Waals surface area contributed by atoms with Gasteiger partial charge in [-0.25, -0.2) is 9.99 Å². The van der Waals surface area contributed by atoms with Gasteiger partial charge in [0.15, 0.2) is 0 Å². The van der Waals surface area contributed by atoms with Crippen LogP contribution < -0.4 is 10.9 Å². The van der Waals surface area contributed by atoms with Gasteiger partial charge in [-0.05, 0) is 33.0 Å². The van der Waals surface area contributed by atoms with Crippen LogP contribution in [0.15, 0.2) is 23.1 Å². The molecule has 0 radical (unpaired) electrons. The van der Waals surface area contributed by atoms with Crippen molar-refractivity contribution in [2.24, 2.45) is 0 Å². The standard InChI is InChI=1S/C17H23N5O2/c1-4-21-11-14(15(23)13-6-5-12(2)18-16(13)21)17(24)19-22-9-7-20(3)8-10-22/h5-6,11H,4,7-10H2,1-3H3,(H,19,24).